The second-order valence-corrected chi connectivity index (χ2v) is 8.88. The number of aliphatic hydroxyl groups is 2. The van der Waals surface area contributed by atoms with Gasteiger partial charge in [-0.1, -0.05) is 44.2 Å². The third kappa shape index (κ3) is 4.05. The maximum absolute atomic E-state index is 12.6. The van der Waals surface area contributed by atoms with Crippen LogP contribution in [0.4, 0.5) is 0 Å². The lowest BCUT2D eigenvalue weighted by atomic mass is 9.61. The summed E-state index contributed by atoms with van der Waals surface area (Å²) in [5, 5.41) is 21.4. The highest BCUT2D eigenvalue weighted by Gasteiger charge is 2.54. The first-order valence-corrected chi connectivity index (χ1v) is 9.08. The largest absolute Gasteiger partial charge is 0.387 e. The van der Waals surface area contributed by atoms with E-state index in [9.17, 15) is 15.0 Å². The van der Waals surface area contributed by atoms with E-state index in [0.717, 1.165) is 13.1 Å². The van der Waals surface area contributed by atoms with E-state index in [1.54, 1.807) is 7.05 Å². The molecule has 1 saturated carbocycles. The lowest BCUT2D eigenvalue weighted by Crippen LogP contribution is -2.60. The molecule has 2 N–H and O–H groups in total. The first kappa shape index (κ1) is 18.4. The predicted octanol–water partition coefficient (Wildman–Crippen LogP) is 1.63. The van der Waals surface area contributed by atoms with Crippen molar-refractivity contribution < 1.29 is 15.0 Å². The Morgan fingerprint density at radius 2 is 1.84 bits per heavy atom. The summed E-state index contributed by atoms with van der Waals surface area (Å²) >= 11 is 0. The van der Waals surface area contributed by atoms with Crippen LogP contribution in [0.3, 0.4) is 0 Å². The molecule has 138 valence electrons. The molecule has 25 heavy (non-hydrogen) atoms. The third-order valence-electron chi connectivity index (χ3n) is 5.48. The van der Waals surface area contributed by atoms with Gasteiger partial charge in [0.2, 0.25) is 0 Å². The lowest BCUT2D eigenvalue weighted by molar-refractivity contribution is -0.177. The number of hydrogen-bond acceptors (Lipinski definition) is 4. The van der Waals surface area contributed by atoms with E-state index in [1.807, 2.05) is 18.2 Å². The zero-order valence-corrected chi connectivity index (χ0v) is 15.5. The van der Waals surface area contributed by atoms with Crippen LogP contribution in [-0.4, -0.2) is 63.8 Å². The van der Waals surface area contributed by atoms with Crippen molar-refractivity contribution in [2.45, 2.75) is 50.9 Å². The molecular formula is C20H30N2O3. The van der Waals surface area contributed by atoms with Gasteiger partial charge in [-0.2, -0.15) is 0 Å². The van der Waals surface area contributed by atoms with Crippen molar-refractivity contribution in [1.29, 1.82) is 0 Å². The third-order valence-corrected chi connectivity index (χ3v) is 5.48. The predicted molar refractivity (Wildman–Crippen MR) is 96.9 cm³/mol. The van der Waals surface area contributed by atoms with Gasteiger partial charge in [0.25, 0.3) is 5.91 Å². The smallest absolute Gasteiger partial charge is 0.254 e. The monoisotopic (exact) mass is 346 g/mol. The number of rotatable bonds is 5. The lowest BCUT2D eigenvalue weighted by Gasteiger charge is -2.50. The van der Waals surface area contributed by atoms with Gasteiger partial charge >= 0.3 is 0 Å². The van der Waals surface area contributed by atoms with E-state index in [0.29, 0.717) is 25.8 Å². The van der Waals surface area contributed by atoms with Crippen LogP contribution in [0.15, 0.2) is 30.3 Å². The number of amides is 1. The van der Waals surface area contributed by atoms with Gasteiger partial charge in [-0.15, -0.1) is 0 Å². The molecule has 1 aromatic rings. The Bertz CT molecular complexity index is 623. The highest BCUT2D eigenvalue weighted by molar-refractivity contribution is 5.86. The van der Waals surface area contributed by atoms with Gasteiger partial charge < -0.3 is 15.1 Å². The average Bonchev–Trinajstić information content (AvgIpc) is 2.86. The SMILES string of the molecule is CN(CC1(O)CCN(Cc2ccccc2)C1)C(=O)C1(O)CC(C)(C)C1. The molecule has 1 unspecified atom stereocenters. The topological polar surface area (TPSA) is 64.0 Å². The molecule has 1 aliphatic carbocycles. The minimum Gasteiger partial charge on any atom is -0.387 e. The molecule has 1 aromatic carbocycles. The minimum absolute atomic E-state index is 0.0159. The molecule has 0 aromatic heterocycles. The molecule has 2 aliphatic rings. The number of nitrogens with zero attached hydrogens (tertiary/aromatic N) is 2. The van der Waals surface area contributed by atoms with Gasteiger partial charge in [0, 0.05) is 26.7 Å². The number of hydrogen-bond donors (Lipinski definition) is 2. The minimum atomic E-state index is -1.25. The molecule has 1 aliphatic heterocycles. The number of β-amino-alcohol motifs (C(OH)–C–C–N with tert-alkyl or cyclic N) is 1. The highest BCUT2D eigenvalue weighted by atomic mass is 16.3. The summed E-state index contributed by atoms with van der Waals surface area (Å²) in [6, 6.07) is 10.2. The summed E-state index contributed by atoms with van der Waals surface area (Å²) in [6.07, 6.45) is 1.62. The molecule has 0 bridgehead atoms. The summed E-state index contributed by atoms with van der Waals surface area (Å²) in [5.41, 5.74) is -0.921. The molecule has 1 atom stereocenters. The summed E-state index contributed by atoms with van der Waals surface area (Å²) < 4.78 is 0. The maximum atomic E-state index is 12.6. The highest BCUT2D eigenvalue weighted by Crippen LogP contribution is 2.48. The quantitative estimate of drug-likeness (QED) is 0.851. The van der Waals surface area contributed by atoms with E-state index in [1.165, 1.54) is 10.5 Å². The fraction of sp³-hybridized carbons (Fsp3) is 0.650. The Hall–Kier alpha value is -1.43. The second kappa shape index (κ2) is 6.38. The van der Waals surface area contributed by atoms with E-state index < -0.39 is 11.2 Å². The molecule has 0 spiro atoms. The molecule has 1 amide bonds. The summed E-state index contributed by atoms with van der Waals surface area (Å²) in [4.78, 5) is 16.3. The van der Waals surface area contributed by atoms with Crippen LogP contribution in [0.2, 0.25) is 0 Å². The summed E-state index contributed by atoms with van der Waals surface area (Å²) in [7, 11) is 1.68. The van der Waals surface area contributed by atoms with Gasteiger partial charge in [-0.25, -0.2) is 0 Å². The van der Waals surface area contributed by atoms with Crippen molar-refractivity contribution in [3.05, 3.63) is 35.9 Å². The van der Waals surface area contributed by atoms with Gasteiger partial charge in [-0.3, -0.25) is 9.69 Å². The molecule has 1 saturated heterocycles. The molecule has 2 fully saturated rings. The molecule has 5 nitrogen and oxygen atoms in total. The van der Waals surface area contributed by atoms with Crippen molar-refractivity contribution in [2.24, 2.45) is 5.41 Å². The first-order valence-electron chi connectivity index (χ1n) is 9.08. The Balaban J connectivity index is 1.55. The van der Waals surface area contributed by atoms with Crippen LogP contribution in [0.5, 0.6) is 0 Å². The van der Waals surface area contributed by atoms with Crippen molar-refractivity contribution in [3.8, 4) is 0 Å². The van der Waals surface area contributed by atoms with Crippen molar-refractivity contribution in [2.75, 3.05) is 26.7 Å². The van der Waals surface area contributed by atoms with Gasteiger partial charge in [0.1, 0.15) is 5.60 Å². The van der Waals surface area contributed by atoms with Crippen LogP contribution in [-0.2, 0) is 11.3 Å². The second-order valence-electron chi connectivity index (χ2n) is 8.88. The van der Waals surface area contributed by atoms with Crippen molar-refractivity contribution >= 4 is 5.91 Å². The maximum Gasteiger partial charge on any atom is 0.254 e. The standard InChI is InChI=1S/C20H30N2O3/c1-18(2)12-20(25,13-18)17(23)21(3)14-19(24)9-10-22(15-19)11-16-7-5-4-6-8-16/h4-8,24-25H,9-15H2,1-3H3. The van der Waals surface area contributed by atoms with Gasteiger partial charge in [0.15, 0.2) is 0 Å². The van der Waals surface area contributed by atoms with Crippen LogP contribution in [0.1, 0.15) is 38.7 Å². The Morgan fingerprint density at radius 3 is 2.44 bits per heavy atom. The van der Waals surface area contributed by atoms with Crippen LogP contribution in [0.25, 0.3) is 0 Å². The Morgan fingerprint density at radius 1 is 1.20 bits per heavy atom. The van der Waals surface area contributed by atoms with Crippen LogP contribution >= 0.6 is 0 Å². The number of likely N-dealkylation sites (tertiary alicyclic amines) is 1. The van der Waals surface area contributed by atoms with E-state index in [4.69, 9.17) is 0 Å². The number of carbonyl (C=O) groups excluding carboxylic acids is 1. The van der Waals surface area contributed by atoms with Crippen LogP contribution in [0, 0.1) is 5.41 Å². The average molecular weight is 346 g/mol. The summed E-state index contributed by atoms with van der Waals surface area (Å²) in [5.74, 6) is -0.262. The molecule has 0 radical (unpaired) electrons. The molecule has 3 rings (SSSR count). The fourth-order valence-electron chi connectivity index (χ4n) is 4.60. The molecule has 1 heterocycles. The molecular weight excluding hydrogens is 316 g/mol. The van der Waals surface area contributed by atoms with E-state index in [2.05, 4.69) is 30.9 Å². The van der Waals surface area contributed by atoms with Gasteiger partial charge in [0.05, 0.1) is 12.1 Å². The zero-order chi connectivity index (χ0) is 18.3. The summed E-state index contributed by atoms with van der Waals surface area (Å²) in [6.45, 7) is 6.54. The number of carbonyl (C=O) groups is 1. The van der Waals surface area contributed by atoms with Crippen molar-refractivity contribution in [1.82, 2.24) is 9.80 Å². The van der Waals surface area contributed by atoms with Crippen LogP contribution < -0.4 is 0 Å². The fourth-order valence-corrected chi connectivity index (χ4v) is 4.60. The Labute approximate surface area is 150 Å². The number of likely N-dealkylation sites (N-methyl/N-ethyl adjacent to an activating group) is 1. The van der Waals surface area contributed by atoms with Gasteiger partial charge in [-0.05, 0) is 30.2 Å². The van der Waals surface area contributed by atoms with E-state index >= 15 is 0 Å². The zero-order valence-electron chi connectivity index (χ0n) is 15.5. The van der Waals surface area contributed by atoms with E-state index in [-0.39, 0.29) is 17.9 Å². The Kier molecular flexibility index (Phi) is 4.69. The molecule has 5 heteroatoms. The number of benzene rings is 1. The first-order chi connectivity index (χ1) is 11.6. The van der Waals surface area contributed by atoms with Crippen molar-refractivity contribution in [3.63, 3.8) is 0 Å². The normalized spacial score (nSPS) is 27.7.